The average Bonchev–Trinajstić information content (AvgIpc) is 2.84. The van der Waals surface area contributed by atoms with Crippen molar-refractivity contribution >= 4 is 34.9 Å². The van der Waals surface area contributed by atoms with E-state index in [4.69, 9.17) is 11.6 Å². The van der Waals surface area contributed by atoms with Crippen molar-refractivity contribution in [3.8, 4) is 0 Å². The Morgan fingerprint density at radius 3 is 2.24 bits per heavy atom. The van der Waals surface area contributed by atoms with Gasteiger partial charge >= 0.3 is 6.18 Å². The zero-order chi connectivity index (χ0) is 24.3. The fourth-order valence-corrected chi connectivity index (χ4v) is 3.73. The molecular formula is C24H20ClF3N4O2. The topological polar surface area (TPSA) is 65.5 Å². The highest BCUT2D eigenvalue weighted by molar-refractivity contribution is 6.30. The zero-order valence-corrected chi connectivity index (χ0v) is 18.6. The van der Waals surface area contributed by atoms with Crippen molar-refractivity contribution in [3.63, 3.8) is 0 Å². The number of hydrogen-bond donors (Lipinski definition) is 1. The number of piperazine rings is 1. The van der Waals surface area contributed by atoms with Crippen molar-refractivity contribution in [2.45, 2.75) is 6.18 Å². The summed E-state index contributed by atoms with van der Waals surface area (Å²) in [6.07, 6.45) is -3.07. The molecule has 0 spiro atoms. The van der Waals surface area contributed by atoms with Gasteiger partial charge in [0.1, 0.15) is 5.82 Å². The highest BCUT2D eigenvalue weighted by Gasteiger charge is 2.31. The molecule has 2 amide bonds. The number of benzene rings is 2. The number of hydrogen-bond acceptors (Lipinski definition) is 4. The Morgan fingerprint density at radius 2 is 1.62 bits per heavy atom. The quantitative estimate of drug-likeness (QED) is 0.563. The molecule has 3 aromatic rings. The lowest BCUT2D eigenvalue weighted by atomic mass is 10.1. The number of nitrogens with zero attached hydrogens (tertiary/aromatic N) is 3. The van der Waals surface area contributed by atoms with Gasteiger partial charge in [-0.3, -0.25) is 9.59 Å². The SMILES string of the molecule is O=C(Nc1ccc(N2CCN(C(=O)c3ccc(Cl)cc3)CC2)nc1)c1cccc(C(F)(F)F)c1. The number of halogens is 4. The van der Waals surface area contributed by atoms with Gasteiger partial charge < -0.3 is 15.1 Å². The lowest BCUT2D eigenvalue weighted by molar-refractivity contribution is -0.137. The van der Waals surface area contributed by atoms with Crippen molar-refractivity contribution in [1.82, 2.24) is 9.88 Å². The molecule has 1 aliphatic rings. The Morgan fingerprint density at radius 1 is 0.912 bits per heavy atom. The molecule has 1 aliphatic heterocycles. The molecule has 10 heteroatoms. The van der Waals surface area contributed by atoms with E-state index < -0.39 is 17.6 Å². The third kappa shape index (κ3) is 5.48. The molecule has 4 rings (SSSR count). The lowest BCUT2D eigenvalue weighted by Gasteiger charge is -2.35. The number of carbonyl (C=O) groups is 2. The molecule has 0 atom stereocenters. The van der Waals surface area contributed by atoms with Crippen LogP contribution >= 0.6 is 11.6 Å². The number of pyridine rings is 1. The summed E-state index contributed by atoms with van der Waals surface area (Å²) in [5, 5.41) is 3.13. The molecule has 0 radical (unpaired) electrons. The first-order valence-corrected chi connectivity index (χ1v) is 10.8. The number of carbonyl (C=O) groups excluding carboxylic acids is 2. The number of aromatic nitrogens is 1. The van der Waals surface area contributed by atoms with E-state index in [2.05, 4.69) is 10.3 Å². The third-order valence-electron chi connectivity index (χ3n) is 5.44. The van der Waals surface area contributed by atoms with Crippen LogP contribution in [0.25, 0.3) is 0 Å². The zero-order valence-electron chi connectivity index (χ0n) is 17.8. The second kappa shape index (κ2) is 9.72. The predicted octanol–water partition coefficient (Wildman–Crippen LogP) is 4.97. The van der Waals surface area contributed by atoms with Crippen LogP contribution in [0.5, 0.6) is 0 Å². The van der Waals surface area contributed by atoms with Gasteiger partial charge in [0.05, 0.1) is 17.4 Å². The van der Waals surface area contributed by atoms with Crippen molar-refractivity contribution in [2.24, 2.45) is 0 Å². The van der Waals surface area contributed by atoms with E-state index in [0.717, 1.165) is 12.1 Å². The Balaban J connectivity index is 1.34. The van der Waals surface area contributed by atoms with Crippen molar-refractivity contribution in [3.05, 3.63) is 88.6 Å². The minimum atomic E-state index is -4.52. The highest BCUT2D eigenvalue weighted by atomic mass is 35.5. The molecule has 2 aromatic carbocycles. The van der Waals surface area contributed by atoms with Gasteiger partial charge in [0.2, 0.25) is 0 Å². The van der Waals surface area contributed by atoms with Crippen LogP contribution < -0.4 is 10.2 Å². The van der Waals surface area contributed by atoms with Crippen LogP contribution in [0.15, 0.2) is 66.9 Å². The van der Waals surface area contributed by atoms with Gasteiger partial charge in [-0.15, -0.1) is 0 Å². The third-order valence-corrected chi connectivity index (χ3v) is 5.69. The first-order chi connectivity index (χ1) is 16.2. The number of nitrogens with one attached hydrogen (secondary N) is 1. The van der Waals surface area contributed by atoms with Crippen molar-refractivity contribution < 1.29 is 22.8 Å². The summed E-state index contributed by atoms with van der Waals surface area (Å²) < 4.78 is 38.6. The summed E-state index contributed by atoms with van der Waals surface area (Å²) in [4.78, 5) is 33.1. The van der Waals surface area contributed by atoms with E-state index in [1.54, 1.807) is 41.3 Å². The number of rotatable bonds is 4. The summed E-state index contributed by atoms with van der Waals surface area (Å²) in [7, 11) is 0. The fourth-order valence-electron chi connectivity index (χ4n) is 3.60. The van der Waals surface area contributed by atoms with Gasteiger partial charge in [0, 0.05) is 42.3 Å². The summed E-state index contributed by atoms with van der Waals surface area (Å²) in [6, 6.07) is 14.4. The normalized spacial score (nSPS) is 14.1. The maximum Gasteiger partial charge on any atom is 0.416 e. The monoisotopic (exact) mass is 488 g/mol. The molecule has 2 heterocycles. The van der Waals surface area contributed by atoms with Gasteiger partial charge in [-0.25, -0.2) is 4.98 Å². The highest BCUT2D eigenvalue weighted by Crippen LogP contribution is 2.29. The Bertz CT molecular complexity index is 1180. The lowest BCUT2D eigenvalue weighted by Crippen LogP contribution is -2.49. The molecule has 1 aromatic heterocycles. The van der Waals surface area contributed by atoms with Crippen LogP contribution in [0.3, 0.4) is 0 Å². The molecule has 0 saturated carbocycles. The van der Waals surface area contributed by atoms with Crippen molar-refractivity contribution in [2.75, 3.05) is 36.4 Å². The predicted molar refractivity (Wildman–Crippen MR) is 123 cm³/mol. The van der Waals surface area contributed by atoms with Crippen LogP contribution in [0.4, 0.5) is 24.7 Å². The smallest absolute Gasteiger partial charge is 0.353 e. The second-order valence-electron chi connectivity index (χ2n) is 7.72. The van der Waals surface area contributed by atoms with Gasteiger partial charge in [-0.05, 0) is 54.6 Å². The minimum Gasteiger partial charge on any atom is -0.353 e. The van der Waals surface area contributed by atoms with Crippen LogP contribution in [0, 0.1) is 0 Å². The van der Waals surface area contributed by atoms with E-state index in [0.29, 0.717) is 48.3 Å². The summed E-state index contributed by atoms with van der Waals surface area (Å²) >= 11 is 5.88. The molecular weight excluding hydrogens is 469 g/mol. The van der Waals surface area contributed by atoms with E-state index in [1.807, 2.05) is 4.90 Å². The van der Waals surface area contributed by atoms with Crippen molar-refractivity contribution in [1.29, 1.82) is 0 Å². The van der Waals surface area contributed by atoms with Gasteiger partial charge in [0.25, 0.3) is 11.8 Å². The first kappa shape index (κ1) is 23.6. The first-order valence-electron chi connectivity index (χ1n) is 10.5. The Kier molecular flexibility index (Phi) is 6.74. The number of anilines is 2. The second-order valence-corrected chi connectivity index (χ2v) is 8.16. The molecule has 1 saturated heterocycles. The molecule has 0 unspecified atom stereocenters. The Hall–Kier alpha value is -3.59. The van der Waals surface area contributed by atoms with Crippen LogP contribution in [-0.4, -0.2) is 47.9 Å². The summed E-state index contributed by atoms with van der Waals surface area (Å²) in [5.41, 5.74) is -0.0396. The molecule has 176 valence electrons. The van der Waals surface area contributed by atoms with Crippen LogP contribution in [-0.2, 0) is 6.18 Å². The van der Waals surface area contributed by atoms with Gasteiger partial charge in [-0.2, -0.15) is 13.2 Å². The number of alkyl halides is 3. The number of amides is 2. The van der Waals surface area contributed by atoms with E-state index >= 15 is 0 Å². The van der Waals surface area contributed by atoms with Gasteiger partial charge in [0.15, 0.2) is 0 Å². The summed E-state index contributed by atoms with van der Waals surface area (Å²) in [6.45, 7) is 2.22. The van der Waals surface area contributed by atoms with Crippen LogP contribution in [0.2, 0.25) is 5.02 Å². The van der Waals surface area contributed by atoms with Crippen LogP contribution in [0.1, 0.15) is 26.3 Å². The largest absolute Gasteiger partial charge is 0.416 e. The maximum absolute atomic E-state index is 12.9. The molecule has 1 fully saturated rings. The standard InChI is InChI=1S/C24H20ClF3N4O2/c25-19-6-4-16(5-7-19)23(34)32-12-10-31(11-13-32)21-9-8-20(15-29-21)30-22(33)17-2-1-3-18(14-17)24(26,27)28/h1-9,14-15H,10-13H2,(H,30,33). The molecule has 6 nitrogen and oxygen atoms in total. The molecule has 0 bridgehead atoms. The fraction of sp³-hybridized carbons (Fsp3) is 0.208. The van der Waals surface area contributed by atoms with Gasteiger partial charge in [-0.1, -0.05) is 17.7 Å². The molecule has 34 heavy (non-hydrogen) atoms. The molecule has 1 N–H and O–H groups in total. The van der Waals surface area contributed by atoms with E-state index in [1.165, 1.54) is 18.3 Å². The van der Waals surface area contributed by atoms with E-state index in [-0.39, 0.29) is 11.5 Å². The maximum atomic E-state index is 12.9. The van der Waals surface area contributed by atoms with E-state index in [9.17, 15) is 22.8 Å². The molecule has 0 aliphatic carbocycles. The Labute approximate surface area is 199 Å². The average molecular weight is 489 g/mol. The summed E-state index contributed by atoms with van der Waals surface area (Å²) in [5.74, 6) is -0.0393. The minimum absolute atomic E-state index is 0.0584.